The molecule has 2 heterocycles. The lowest BCUT2D eigenvalue weighted by molar-refractivity contribution is -0.142. The van der Waals surface area contributed by atoms with E-state index in [2.05, 4.69) is 28.6 Å². The van der Waals surface area contributed by atoms with Gasteiger partial charge < -0.3 is 9.67 Å². The van der Waals surface area contributed by atoms with Gasteiger partial charge in [-0.05, 0) is 18.9 Å². The number of hydrogen-bond acceptors (Lipinski definition) is 2. The number of benzene rings is 1. The molecule has 1 N–H and O–H groups in total. The number of halogens is 1. The fourth-order valence-corrected chi connectivity index (χ4v) is 2.71. The lowest BCUT2D eigenvalue weighted by Crippen LogP contribution is -2.25. The summed E-state index contributed by atoms with van der Waals surface area (Å²) in [4.78, 5) is 15.6. The summed E-state index contributed by atoms with van der Waals surface area (Å²) in [6, 6.07) is 8.15. The Morgan fingerprint density at radius 3 is 2.85 bits per heavy atom. The van der Waals surface area contributed by atoms with Crippen molar-refractivity contribution in [1.82, 2.24) is 9.55 Å². The Labute approximate surface area is 123 Å². The van der Waals surface area contributed by atoms with Gasteiger partial charge in [-0.25, -0.2) is 4.98 Å². The molecular formula is C15H17ClN2O2. The van der Waals surface area contributed by atoms with Crippen LogP contribution in [-0.2, 0) is 17.8 Å². The fraction of sp³-hybridized carbons (Fsp3) is 0.333. The van der Waals surface area contributed by atoms with Gasteiger partial charge in [-0.2, -0.15) is 0 Å². The molecule has 1 aliphatic rings. The zero-order valence-electron chi connectivity index (χ0n) is 11.2. The van der Waals surface area contributed by atoms with Crippen molar-refractivity contribution >= 4 is 18.4 Å². The van der Waals surface area contributed by atoms with Gasteiger partial charge in [-0.3, -0.25) is 4.79 Å². The van der Waals surface area contributed by atoms with E-state index in [-0.39, 0.29) is 18.3 Å². The predicted octanol–water partition coefficient (Wildman–Crippen LogP) is 2.93. The van der Waals surface area contributed by atoms with E-state index >= 15 is 0 Å². The van der Waals surface area contributed by atoms with Crippen molar-refractivity contribution in [3.05, 3.63) is 41.7 Å². The van der Waals surface area contributed by atoms with Gasteiger partial charge in [0, 0.05) is 30.4 Å². The molecule has 1 aromatic heterocycles. The maximum Gasteiger partial charge on any atom is 0.306 e. The first-order valence-corrected chi connectivity index (χ1v) is 6.50. The van der Waals surface area contributed by atoms with E-state index in [1.54, 1.807) is 0 Å². The van der Waals surface area contributed by atoms with Gasteiger partial charge in [0.1, 0.15) is 5.82 Å². The van der Waals surface area contributed by atoms with Gasteiger partial charge in [-0.1, -0.05) is 24.3 Å². The van der Waals surface area contributed by atoms with Gasteiger partial charge in [0.05, 0.1) is 5.92 Å². The van der Waals surface area contributed by atoms with Crippen LogP contribution < -0.4 is 0 Å². The van der Waals surface area contributed by atoms with Crippen molar-refractivity contribution in [1.29, 1.82) is 0 Å². The molecule has 0 bridgehead atoms. The summed E-state index contributed by atoms with van der Waals surface area (Å²) in [5, 5.41) is 9.10. The third kappa shape index (κ3) is 2.43. The average molecular weight is 293 g/mol. The van der Waals surface area contributed by atoms with E-state index < -0.39 is 5.97 Å². The van der Waals surface area contributed by atoms with Crippen molar-refractivity contribution in [2.24, 2.45) is 5.92 Å². The molecule has 5 heteroatoms. The molecule has 1 aliphatic heterocycles. The first kappa shape index (κ1) is 14.6. The Hall–Kier alpha value is -1.81. The van der Waals surface area contributed by atoms with Crippen LogP contribution >= 0.6 is 12.4 Å². The zero-order chi connectivity index (χ0) is 13.4. The number of carbonyl (C=O) groups is 1. The minimum absolute atomic E-state index is 0. The molecular weight excluding hydrogens is 276 g/mol. The highest BCUT2D eigenvalue weighted by Gasteiger charge is 2.26. The molecule has 4 nitrogen and oxygen atoms in total. The van der Waals surface area contributed by atoms with Crippen LogP contribution in [0.15, 0.2) is 30.5 Å². The Morgan fingerprint density at radius 1 is 1.40 bits per heavy atom. The van der Waals surface area contributed by atoms with E-state index in [1.807, 2.05) is 18.3 Å². The Bertz CT molecular complexity index is 637. The molecule has 20 heavy (non-hydrogen) atoms. The smallest absolute Gasteiger partial charge is 0.306 e. The molecule has 1 unspecified atom stereocenters. The number of aromatic nitrogens is 2. The number of hydrogen-bond donors (Lipinski definition) is 1. The molecule has 0 spiro atoms. The minimum Gasteiger partial charge on any atom is -0.481 e. The third-order valence-corrected chi connectivity index (χ3v) is 3.83. The largest absolute Gasteiger partial charge is 0.481 e. The predicted molar refractivity (Wildman–Crippen MR) is 79.1 cm³/mol. The van der Waals surface area contributed by atoms with Crippen molar-refractivity contribution < 1.29 is 9.90 Å². The summed E-state index contributed by atoms with van der Waals surface area (Å²) in [5.74, 6) is -0.0178. The maximum absolute atomic E-state index is 11.1. The Balaban J connectivity index is 0.00000147. The molecule has 1 aromatic carbocycles. The van der Waals surface area contributed by atoms with E-state index in [4.69, 9.17) is 5.11 Å². The monoisotopic (exact) mass is 292 g/mol. The third-order valence-electron chi connectivity index (χ3n) is 3.83. The minimum atomic E-state index is -0.704. The second kappa shape index (κ2) is 5.67. The number of carboxylic acid groups (broad SMARTS) is 1. The molecule has 106 valence electrons. The van der Waals surface area contributed by atoms with Gasteiger partial charge in [0.25, 0.3) is 0 Å². The second-order valence-electron chi connectivity index (χ2n) is 5.07. The van der Waals surface area contributed by atoms with Crippen molar-refractivity contribution in [2.45, 2.75) is 26.3 Å². The van der Waals surface area contributed by atoms with Gasteiger partial charge in [0.15, 0.2) is 0 Å². The van der Waals surface area contributed by atoms with E-state index in [1.165, 1.54) is 5.56 Å². The maximum atomic E-state index is 11.1. The van der Waals surface area contributed by atoms with Crippen LogP contribution in [0.2, 0.25) is 0 Å². The quantitative estimate of drug-likeness (QED) is 0.926. The zero-order valence-corrected chi connectivity index (χ0v) is 12.1. The summed E-state index contributed by atoms with van der Waals surface area (Å²) in [6.45, 7) is 2.80. The van der Waals surface area contributed by atoms with Gasteiger partial charge >= 0.3 is 5.97 Å². The summed E-state index contributed by atoms with van der Waals surface area (Å²) in [5.41, 5.74) is 3.34. The van der Waals surface area contributed by atoms with Crippen LogP contribution in [0, 0.1) is 12.8 Å². The lowest BCUT2D eigenvalue weighted by atomic mass is 9.96. The number of fused-ring (bicyclic) bond motifs is 1. The molecule has 0 saturated carbocycles. The molecule has 3 rings (SSSR count). The number of imidazole rings is 1. The summed E-state index contributed by atoms with van der Waals surface area (Å²) in [7, 11) is 0. The normalized spacial score (nSPS) is 17.1. The average Bonchev–Trinajstić information content (AvgIpc) is 2.82. The van der Waals surface area contributed by atoms with Crippen LogP contribution in [0.1, 0.15) is 17.7 Å². The van der Waals surface area contributed by atoms with Crippen molar-refractivity contribution in [2.75, 3.05) is 0 Å². The number of aliphatic carboxylic acids is 1. The number of carboxylic acids is 1. The van der Waals surface area contributed by atoms with Crippen molar-refractivity contribution in [3.8, 4) is 11.4 Å². The van der Waals surface area contributed by atoms with E-state index in [0.29, 0.717) is 12.8 Å². The molecule has 0 amide bonds. The highest BCUT2D eigenvalue weighted by molar-refractivity contribution is 5.85. The first-order chi connectivity index (χ1) is 9.16. The Kier molecular flexibility index (Phi) is 4.14. The highest BCUT2D eigenvalue weighted by atomic mass is 35.5. The number of nitrogens with zero attached hydrogens (tertiary/aromatic N) is 2. The van der Waals surface area contributed by atoms with Crippen LogP contribution in [0.25, 0.3) is 11.4 Å². The standard InChI is InChI=1S/C15H16N2O2.ClH/c1-10-4-2-3-5-13(10)14-16-9-12-8-11(15(18)19)6-7-17(12)14;/h2-5,9,11H,6-8H2,1H3,(H,18,19);1H. The van der Waals surface area contributed by atoms with Crippen LogP contribution in [0.3, 0.4) is 0 Å². The molecule has 0 saturated heterocycles. The lowest BCUT2D eigenvalue weighted by Gasteiger charge is -2.22. The second-order valence-corrected chi connectivity index (χ2v) is 5.07. The van der Waals surface area contributed by atoms with Crippen LogP contribution in [-0.4, -0.2) is 20.6 Å². The van der Waals surface area contributed by atoms with Gasteiger partial charge in [-0.15, -0.1) is 12.4 Å². The fourth-order valence-electron chi connectivity index (χ4n) is 2.71. The van der Waals surface area contributed by atoms with E-state index in [0.717, 1.165) is 23.6 Å². The highest BCUT2D eigenvalue weighted by Crippen LogP contribution is 2.28. The topological polar surface area (TPSA) is 55.1 Å². The Morgan fingerprint density at radius 2 is 2.15 bits per heavy atom. The van der Waals surface area contributed by atoms with Crippen LogP contribution in [0.4, 0.5) is 0 Å². The molecule has 0 radical (unpaired) electrons. The molecule has 1 atom stereocenters. The summed E-state index contributed by atoms with van der Waals surface area (Å²) < 4.78 is 2.15. The van der Waals surface area contributed by atoms with Crippen molar-refractivity contribution in [3.63, 3.8) is 0 Å². The van der Waals surface area contributed by atoms with E-state index in [9.17, 15) is 4.79 Å². The molecule has 2 aromatic rings. The molecule has 0 aliphatic carbocycles. The SMILES string of the molecule is Cc1ccccc1-c1ncc2n1CCC(C(=O)O)C2.Cl. The number of aryl methyl sites for hydroxylation is 1. The summed E-state index contributed by atoms with van der Waals surface area (Å²) in [6.07, 6.45) is 3.07. The summed E-state index contributed by atoms with van der Waals surface area (Å²) >= 11 is 0. The first-order valence-electron chi connectivity index (χ1n) is 6.50. The van der Waals surface area contributed by atoms with Crippen LogP contribution in [0.5, 0.6) is 0 Å². The molecule has 0 fully saturated rings. The number of rotatable bonds is 2. The van der Waals surface area contributed by atoms with Gasteiger partial charge in [0.2, 0.25) is 0 Å².